The van der Waals surface area contributed by atoms with Crippen LogP contribution in [0.2, 0.25) is 0 Å². The SMILES string of the molecule is COc1cc(/C=N/NC(=O)c2cccc(C(F)(F)F)c2)cc(Br)c1OCc1cccc2ccccc12. The van der Waals surface area contributed by atoms with E-state index in [9.17, 15) is 18.0 Å². The number of benzene rings is 4. The van der Waals surface area contributed by atoms with E-state index in [0.29, 0.717) is 28.1 Å². The molecule has 0 atom stereocenters. The van der Waals surface area contributed by atoms with Gasteiger partial charge in [0.2, 0.25) is 0 Å². The summed E-state index contributed by atoms with van der Waals surface area (Å²) in [6.07, 6.45) is -3.19. The molecule has 4 aromatic carbocycles. The van der Waals surface area contributed by atoms with Crippen LogP contribution < -0.4 is 14.9 Å². The number of rotatable bonds is 7. The number of hydrazone groups is 1. The van der Waals surface area contributed by atoms with E-state index < -0.39 is 17.6 Å². The van der Waals surface area contributed by atoms with Crippen LogP contribution in [0.1, 0.15) is 27.0 Å². The molecule has 1 N–H and O–H groups in total. The Balaban J connectivity index is 1.47. The number of carbonyl (C=O) groups is 1. The summed E-state index contributed by atoms with van der Waals surface area (Å²) in [4.78, 5) is 12.2. The number of amides is 1. The molecular formula is C27H20BrF3N2O3. The van der Waals surface area contributed by atoms with Gasteiger partial charge < -0.3 is 9.47 Å². The third-order valence-corrected chi connectivity index (χ3v) is 5.92. The van der Waals surface area contributed by atoms with Gasteiger partial charge in [-0.2, -0.15) is 18.3 Å². The Morgan fingerprint density at radius 2 is 1.78 bits per heavy atom. The van der Waals surface area contributed by atoms with Gasteiger partial charge in [-0.3, -0.25) is 4.79 Å². The minimum Gasteiger partial charge on any atom is -0.493 e. The second-order valence-corrected chi connectivity index (χ2v) is 8.59. The van der Waals surface area contributed by atoms with E-state index in [1.807, 2.05) is 42.5 Å². The maximum absolute atomic E-state index is 12.9. The molecule has 0 saturated carbocycles. The topological polar surface area (TPSA) is 59.9 Å². The van der Waals surface area contributed by atoms with Gasteiger partial charge in [0.25, 0.3) is 5.91 Å². The number of nitrogens with zero attached hydrogens (tertiary/aromatic N) is 1. The molecule has 0 saturated heterocycles. The van der Waals surface area contributed by atoms with Gasteiger partial charge in [0.1, 0.15) is 6.61 Å². The van der Waals surface area contributed by atoms with Crippen molar-refractivity contribution in [1.82, 2.24) is 5.43 Å². The lowest BCUT2D eigenvalue weighted by Crippen LogP contribution is -2.18. The molecule has 4 rings (SSSR count). The van der Waals surface area contributed by atoms with Crippen molar-refractivity contribution >= 4 is 38.8 Å². The first-order chi connectivity index (χ1) is 17.3. The highest BCUT2D eigenvalue weighted by molar-refractivity contribution is 9.10. The minimum absolute atomic E-state index is 0.155. The van der Waals surface area contributed by atoms with Crippen LogP contribution in [0.15, 0.2) is 88.4 Å². The molecule has 0 aliphatic carbocycles. The lowest BCUT2D eigenvalue weighted by atomic mass is 10.1. The molecule has 0 spiro atoms. The average molecular weight is 557 g/mol. The second kappa shape index (κ2) is 10.8. The summed E-state index contributed by atoms with van der Waals surface area (Å²) in [6, 6.07) is 21.5. The average Bonchev–Trinajstić information content (AvgIpc) is 2.87. The van der Waals surface area contributed by atoms with Crippen LogP contribution in [0.5, 0.6) is 11.5 Å². The smallest absolute Gasteiger partial charge is 0.416 e. The molecule has 4 aromatic rings. The zero-order chi connectivity index (χ0) is 25.7. The number of methoxy groups -OCH3 is 1. The van der Waals surface area contributed by atoms with Gasteiger partial charge in [-0.05, 0) is 68.2 Å². The largest absolute Gasteiger partial charge is 0.493 e. The van der Waals surface area contributed by atoms with Gasteiger partial charge in [0, 0.05) is 5.56 Å². The van der Waals surface area contributed by atoms with E-state index in [4.69, 9.17) is 9.47 Å². The summed E-state index contributed by atoms with van der Waals surface area (Å²) < 4.78 is 50.8. The lowest BCUT2D eigenvalue weighted by Gasteiger charge is -2.14. The quantitative estimate of drug-likeness (QED) is 0.197. The molecule has 1 amide bonds. The summed E-state index contributed by atoms with van der Waals surface area (Å²) in [5, 5.41) is 6.07. The van der Waals surface area contributed by atoms with Gasteiger partial charge in [-0.1, -0.05) is 48.5 Å². The van der Waals surface area contributed by atoms with E-state index in [1.165, 1.54) is 25.5 Å². The van der Waals surface area contributed by atoms with Gasteiger partial charge >= 0.3 is 6.18 Å². The maximum atomic E-state index is 12.9. The van der Waals surface area contributed by atoms with Crippen molar-refractivity contribution in [2.45, 2.75) is 12.8 Å². The molecule has 5 nitrogen and oxygen atoms in total. The molecule has 9 heteroatoms. The number of fused-ring (bicyclic) bond motifs is 1. The molecule has 0 aliphatic rings. The lowest BCUT2D eigenvalue weighted by molar-refractivity contribution is -0.137. The predicted molar refractivity (Wildman–Crippen MR) is 135 cm³/mol. The highest BCUT2D eigenvalue weighted by Gasteiger charge is 2.30. The van der Waals surface area contributed by atoms with Crippen LogP contribution in [0.3, 0.4) is 0 Å². The Kier molecular flexibility index (Phi) is 7.59. The molecule has 0 radical (unpaired) electrons. The third kappa shape index (κ3) is 5.85. The van der Waals surface area contributed by atoms with Gasteiger partial charge in [-0.15, -0.1) is 0 Å². The summed E-state index contributed by atoms with van der Waals surface area (Å²) in [5.74, 6) is 0.171. The van der Waals surface area contributed by atoms with Crippen LogP contribution >= 0.6 is 15.9 Å². The number of carbonyl (C=O) groups excluding carboxylic acids is 1. The van der Waals surface area contributed by atoms with E-state index in [0.717, 1.165) is 28.5 Å². The van der Waals surface area contributed by atoms with E-state index in [2.05, 4.69) is 26.5 Å². The standard InChI is InChI=1S/C27H20BrF3N2O3/c1-35-24-13-17(15-32-33-26(34)19-8-5-10-21(14-19)27(29,30)31)12-23(28)25(24)36-16-20-9-4-7-18-6-2-3-11-22(18)20/h2-15H,16H2,1H3,(H,33,34)/b32-15+. The Hall–Kier alpha value is -3.85. The zero-order valence-electron chi connectivity index (χ0n) is 19.0. The number of hydrogen-bond acceptors (Lipinski definition) is 4. The predicted octanol–water partition coefficient (Wildman–Crippen LogP) is 6.97. The van der Waals surface area contributed by atoms with Crippen molar-refractivity contribution in [3.63, 3.8) is 0 Å². The first-order valence-corrected chi connectivity index (χ1v) is 11.5. The third-order valence-electron chi connectivity index (χ3n) is 5.34. The van der Waals surface area contributed by atoms with Crippen molar-refractivity contribution in [1.29, 1.82) is 0 Å². The van der Waals surface area contributed by atoms with Crippen LogP contribution in [0.25, 0.3) is 10.8 Å². The summed E-state index contributed by atoms with van der Waals surface area (Å²) in [6.45, 7) is 0.316. The fourth-order valence-corrected chi connectivity index (χ4v) is 4.16. The summed E-state index contributed by atoms with van der Waals surface area (Å²) >= 11 is 3.49. The fourth-order valence-electron chi connectivity index (χ4n) is 3.59. The van der Waals surface area contributed by atoms with Gasteiger partial charge in [0.05, 0.1) is 23.4 Å². The van der Waals surface area contributed by atoms with Crippen LogP contribution in [0.4, 0.5) is 13.2 Å². The second-order valence-electron chi connectivity index (χ2n) is 7.74. The van der Waals surface area contributed by atoms with E-state index in [1.54, 1.807) is 12.1 Å². The highest BCUT2D eigenvalue weighted by atomic mass is 79.9. The summed E-state index contributed by atoms with van der Waals surface area (Å²) in [5.41, 5.74) is 2.76. The number of hydrogen-bond donors (Lipinski definition) is 1. The molecule has 184 valence electrons. The monoisotopic (exact) mass is 556 g/mol. The van der Waals surface area contributed by atoms with Crippen LogP contribution in [-0.4, -0.2) is 19.2 Å². The molecule has 0 aliphatic heterocycles. The maximum Gasteiger partial charge on any atom is 0.416 e. The Labute approximate surface area is 213 Å². The van der Waals surface area contributed by atoms with E-state index in [-0.39, 0.29) is 5.56 Å². The number of halogens is 4. The highest BCUT2D eigenvalue weighted by Crippen LogP contribution is 2.37. The van der Waals surface area contributed by atoms with Crippen molar-refractivity contribution < 1.29 is 27.4 Å². The van der Waals surface area contributed by atoms with Crippen molar-refractivity contribution in [2.75, 3.05) is 7.11 Å². The Morgan fingerprint density at radius 1 is 1.03 bits per heavy atom. The first-order valence-electron chi connectivity index (χ1n) is 10.7. The van der Waals surface area contributed by atoms with Gasteiger partial charge in [-0.25, -0.2) is 5.43 Å². The molecule has 0 bridgehead atoms. The normalized spacial score (nSPS) is 11.6. The van der Waals surface area contributed by atoms with Crippen LogP contribution in [-0.2, 0) is 12.8 Å². The van der Waals surface area contributed by atoms with Crippen molar-refractivity contribution in [3.05, 3.63) is 106 Å². The minimum atomic E-state index is -4.54. The molecular weight excluding hydrogens is 537 g/mol. The number of alkyl halides is 3. The number of ether oxygens (including phenoxy) is 2. The molecule has 0 heterocycles. The Morgan fingerprint density at radius 3 is 2.56 bits per heavy atom. The Bertz CT molecular complexity index is 1430. The van der Waals surface area contributed by atoms with Gasteiger partial charge in [0.15, 0.2) is 11.5 Å². The van der Waals surface area contributed by atoms with Crippen molar-refractivity contribution in [3.8, 4) is 11.5 Å². The number of nitrogens with one attached hydrogen (secondary N) is 1. The first kappa shape index (κ1) is 25.2. The van der Waals surface area contributed by atoms with Crippen molar-refractivity contribution in [2.24, 2.45) is 5.10 Å². The molecule has 0 unspecified atom stereocenters. The summed E-state index contributed by atoms with van der Waals surface area (Å²) in [7, 11) is 1.50. The molecule has 0 aromatic heterocycles. The fraction of sp³-hybridized carbons (Fsp3) is 0.111. The van der Waals surface area contributed by atoms with Crippen LogP contribution in [0, 0.1) is 0 Å². The molecule has 36 heavy (non-hydrogen) atoms. The zero-order valence-corrected chi connectivity index (χ0v) is 20.6. The van der Waals surface area contributed by atoms with E-state index >= 15 is 0 Å². The molecule has 0 fully saturated rings.